The smallest absolute Gasteiger partial charge is 0.356 e. The number of aryl methyl sites for hydroxylation is 1. The summed E-state index contributed by atoms with van der Waals surface area (Å²) in [5, 5.41) is 24.8. The number of benzene rings is 2. The van der Waals surface area contributed by atoms with E-state index < -0.39 is 46.8 Å². The molecule has 0 aliphatic carbocycles. The molecule has 0 radical (unpaired) electrons. The first kappa shape index (κ1) is 31.6. The van der Waals surface area contributed by atoms with Gasteiger partial charge in [-0.1, -0.05) is 99.7 Å². The van der Waals surface area contributed by atoms with Crippen molar-refractivity contribution in [2.75, 3.05) is 11.1 Å². The van der Waals surface area contributed by atoms with Crippen LogP contribution in [0.4, 0.5) is 0 Å². The number of esters is 1. The van der Waals surface area contributed by atoms with Crippen LogP contribution in [-0.2, 0) is 19.1 Å². The highest BCUT2D eigenvalue weighted by Crippen LogP contribution is 2.42. The van der Waals surface area contributed by atoms with E-state index in [0.717, 1.165) is 20.5 Å². The number of amides is 2. The van der Waals surface area contributed by atoms with E-state index in [4.69, 9.17) is 4.74 Å². The molecule has 3 heterocycles. The van der Waals surface area contributed by atoms with Crippen molar-refractivity contribution in [2.24, 2.45) is 5.18 Å². The van der Waals surface area contributed by atoms with E-state index in [9.17, 15) is 24.4 Å². The maximum atomic E-state index is 14.0. The number of carbonyl (C=O) groups is 3. The highest BCUT2D eigenvalue weighted by atomic mass is 79.9. The number of hydrogen-bond donors (Lipinski definition) is 2. The lowest BCUT2D eigenvalue weighted by Crippen LogP contribution is -2.70. The van der Waals surface area contributed by atoms with E-state index in [1.807, 2.05) is 67.6 Å². The summed E-state index contributed by atoms with van der Waals surface area (Å²) in [4.78, 5) is 52.6. The second-order valence-electron chi connectivity index (χ2n) is 9.37. The Morgan fingerprint density at radius 1 is 1.18 bits per heavy atom. The van der Waals surface area contributed by atoms with Crippen molar-refractivity contribution >= 4 is 68.6 Å². The number of ether oxygens (including phenoxy) is 1. The number of halogens is 1. The predicted octanol–water partition coefficient (Wildman–Crippen LogP) is 5.37. The van der Waals surface area contributed by atoms with Crippen molar-refractivity contribution in [1.29, 1.82) is 0 Å². The molecule has 0 spiro atoms. The first-order valence-electron chi connectivity index (χ1n) is 13.1. The van der Waals surface area contributed by atoms with Crippen molar-refractivity contribution < 1.29 is 24.2 Å². The number of rotatable bonds is 11. The molecule has 0 bridgehead atoms. The number of aliphatic hydroxyl groups excluding tert-OH is 1. The third-order valence-corrected chi connectivity index (χ3v) is 10.1. The monoisotopic (exact) mass is 713 g/mol. The summed E-state index contributed by atoms with van der Waals surface area (Å²) in [5.41, 5.74) is 1.38. The zero-order chi connectivity index (χ0) is 31.2. The normalized spacial score (nSPS) is 18.5. The minimum absolute atomic E-state index is 0.0546. The predicted molar refractivity (Wildman–Crippen MR) is 172 cm³/mol. The van der Waals surface area contributed by atoms with Gasteiger partial charge in [-0.2, -0.15) is 0 Å². The lowest BCUT2D eigenvalue weighted by Gasteiger charge is -2.49. The lowest BCUT2D eigenvalue weighted by atomic mass is 10.0. The third kappa shape index (κ3) is 6.80. The molecule has 11 nitrogen and oxygen atoms in total. The first-order chi connectivity index (χ1) is 21.3. The number of hydrogen-bond acceptors (Lipinski definition) is 12. The van der Waals surface area contributed by atoms with E-state index in [1.54, 1.807) is 11.5 Å². The van der Waals surface area contributed by atoms with Gasteiger partial charge in [0.15, 0.2) is 10.4 Å². The largest absolute Gasteiger partial charge is 0.509 e. The molecular formula is C29H24BrN5O6S3. The molecule has 1 aromatic heterocycles. The van der Waals surface area contributed by atoms with Gasteiger partial charge in [0.05, 0.1) is 5.33 Å². The van der Waals surface area contributed by atoms with Gasteiger partial charge in [0.25, 0.3) is 11.8 Å². The van der Waals surface area contributed by atoms with Crippen molar-refractivity contribution in [2.45, 2.75) is 28.8 Å². The van der Waals surface area contributed by atoms with Crippen LogP contribution in [0.25, 0.3) is 0 Å². The van der Waals surface area contributed by atoms with Crippen LogP contribution in [0.1, 0.15) is 22.2 Å². The van der Waals surface area contributed by atoms with Gasteiger partial charge in [-0.25, -0.2) is 4.79 Å². The Kier molecular flexibility index (Phi) is 10.3. The molecule has 2 atom stereocenters. The topological polar surface area (TPSA) is 151 Å². The Labute approximate surface area is 272 Å². The van der Waals surface area contributed by atoms with Crippen LogP contribution in [0.5, 0.6) is 0 Å². The maximum absolute atomic E-state index is 14.0. The molecule has 2 amide bonds. The average molecular weight is 715 g/mol. The quantitative estimate of drug-likeness (QED) is 0.0505. The molecule has 0 saturated carbocycles. The van der Waals surface area contributed by atoms with E-state index in [-0.39, 0.29) is 11.0 Å². The van der Waals surface area contributed by atoms with Gasteiger partial charge < -0.3 is 15.2 Å². The number of β-lactam (4-membered cyclic amide) rings is 1. The van der Waals surface area contributed by atoms with Crippen molar-refractivity contribution in [3.63, 3.8) is 0 Å². The van der Waals surface area contributed by atoms with Crippen LogP contribution in [0.2, 0.25) is 0 Å². The summed E-state index contributed by atoms with van der Waals surface area (Å²) in [5.74, 6) is -2.52. The Bertz CT molecular complexity index is 1620. The van der Waals surface area contributed by atoms with Gasteiger partial charge >= 0.3 is 5.97 Å². The summed E-state index contributed by atoms with van der Waals surface area (Å²) < 4.78 is 6.85. The Morgan fingerprint density at radius 3 is 2.41 bits per heavy atom. The van der Waals surface area contributed by atoms with Crippen LogP contribution in [-0.4, -0.2) is 60.5 Å². The fraction of sp³-hybridized carbons (Fsp3) is 0.207. The Hall–Kier alpha value is -3.79. The van der Waals surface area contributed by atoms with Gasteiger partial charge in [0.2, 0.25) is 5.70 Å². The molecule has 1 saturated heterocycles. The molecule has 2 aromatic carbocycles. The number of fused-ring (bicyclic) bond motifs is 1. The fourth-order valence-electron chi connectivity index (χ4n) is 4.51. The second kappa shape index (κ2) is 14.3. The Morgan fingerprint density at radius 2 is 1.84 bits per heavy atom. The fourth-order valence-corrected chi connectivity index (χ4v) is 7.66. The van der Waals surface area contributed by atoms with Crippen LogP contribution >= 0.6 is 50.8 Å². The maximum Gasteiger partial charge on any atom is 0.356 e. The second-order valence-corrected chi connectivity index (χ2v) is 13.4. The highest BCUT2D eigenvalue weighted by Gasteiger charge is 2.54. The molecular weight excluding hydrogens is 690 g/mol. The van der Waals surface area contributed by atoms with E-state index in [0.29, 0.717) is 11.3 Å². The van der Waals surface area contributed by atoms with Crippen molar-refractivity contribution in [3.05, 3.63) is 116 Å². The molecule has 1 fully saturated rings. The molecule has 15 heteroatoms. The number of nitroso groups, excluding NO2 is 1. The summed E-state index contributed by atoms with van der Waals surface area (Å²) in [6, 6.07) is 17.5. The molecule has 2 N–H and O–H groups in total. The third-order valence-electron chi connectivity index (χ3n) is 6.56. The number of nitrogens with zero attached hydrogens (tertiary/aromatic N) is 4. The number of nitrogens with one attached hydrogen (secondary N) is 1. The van der Waals surface area contributed by atoms with E-state index in [1.165, 1.54) is 39.8 Å². The minimum Gasteiger partial charge on any atom is -0.509 e. The zero-order valence-electron chi connectivity index (χ0n) is 23.0. The highest BCUT2D eigenvalue weighted by molar-refractivity contribution is 9.09. The zero-order valence-corrected chi connectivity index (χ0v) is 27.0. The minimum atomic E-state index is -1.06. The SMILES string of the molecule is Cc1nnc(SC=CC2=C(C(=O)OC(c3ccccc3)c3ccccc3)N3C(=O)C(NC(=O)C(N=O)=C(O)CBr)C3SC2)s1. The molecule has 3 aromatic rings. The van der Waals surface area contributed by atoms with Crippen molar-refractivity contribution in [1.82, 2.24) is 20.4 Å². The number of allylic oxidation sites excluding steroid dienone is 2. The van der Waals surface area contributed by atoms with E-state index in [2.05, 4.69) is 36.6 Å². The van der Waals surface area contributed by atoms with Gasteiger partial charge in [0, 0.05) is 5.75 Å². The summed E-state index contributed by atoms with van der Waals surface area (Å²) >= 11 is 7.07. The Balaban J connectivity index is 1.46. The molecule has 2 aliphatic rings. The first-order valence-corrected chi connectivity index (χ1v) is 16.9. The van der Waals surface area contributed by atoms with E-state index >= 15 is 0 Å². The standard InChI is InChI=1S/C29H24BrN5O6S3/c1-16-32-33-29(44-16)42-13-12-19-15-43-27-22(31-25(37)21(34-40)20(36)14-30)26(38)35(27)23(19)28(39)41-24(17-8-4-2-5-9-17)18-10-6-3-7-11-18/h2-13,22,24,27,36H,14-15H2,1H3,(H,31,37). The average Bonchev–Trinajstić information content (AvgIpc) is 3.47. The number of carbonyl (C=O) groups excluding carboxylic acids is 3. The van der Waals surface area contributed by atoms with Gasteiger partial charge in [-0.3, -0.25) is 14.5 Å². The summed E-state index contributed by atoms with van der Waals surface area (Å²) in [7, 11) is 0. The molecule has 44 heavy (non-hydrogen) atoms. The summed E-state index contributed by atoms with van der Waals surface area (Å²) in [6.07, 6.45) is 0.992. The number of aromatic nitrogens is 2. The van der Waals surface area contributed by atoms with Crippen LogP contribution in [0.3, 0.4) is 0 Å². The van der Waals surface area contributed by atoms with Gasteiger partial charge in [-0.15, -0.1) is 26.9 Å². The number of aliphatic hydroxyl groups is 1. The number of thioether (sulfide) groups is 2. The molecule has 226 valence electrons. The van der Waals surface area contributed by atoms with Gasteiger partial charge in [-0.05, 0) is 40.3 Å². The van der Waals surface area contributed by atoms with Crippen LogP contribution < -0.4 is 5.32 Å². The molecule has 2 unspecified atom stereocenters. The number of alkyl halides is 1. The molecule has 5 rings (SSSR count). The van der Waals surface area contributed by atoms with Crippen LogP contribution in [0.15, 0.2) is 104 Å². The van der Waals surface area contributed by atoms with Gasteiger partial charge in [0.1, 0.15) is 27.9 Å². The molecule has 2 aliphatic heterocycles. The summed E-state index contributed by atoms with van der Waals surface area (Å²) in [6.45, 7) is 1.85. The van der Waals surface area contributed by atoms with Crippen LogP contribution in [0, 0.1) is 11.8 Å². The van der Waals surface area contributed by atoms with Crippen molar-refractivity contribution in [3.8, 4) is 0 Å². The lowest BCUT2D eigenvalue weighted by molar-refractivity contribution is -0.154.